The van der Waals surface area contributed by atoms with Crippen molar-refractivity contribution in [3.05, 3.63) is 41.5 Å². The van der Waals surface area contributed by atoms with E-state index in [0.717, 1.165) is 16.9 Å². The van der Waals surface area contributed by atoms with Crippen LogP contribution in [0, 0.1) is 0 Å². The molecule has 0 radical (unpaired) electrons. The van der Waals surface area contributed by atoms with E-state index in [-0.39, 0.29) is 18.4 Å². The van der Waals surface area contributed by atoms with Crippen molar-refractivity contribution in [1.29, 1.82) is 0 Å². The Morgan fingerprint density at radius 1 is 1.45 bits per heavy atom. The van der Waals surface area contributed by atoms with Crippen LogP contribution in [0.15, 0.2) is 30.4 Å². The molecule has 1 unspecified atom stereocenters. The summed E-state index contributed by atoms with van der Waals surface area (Å²) in [5.41, 5.74) is 6.55. The van der Waals surface area contributed by atoms with Gasteiger partial charge >= 0.3 is 5.97 Å². The van der Waals surface area contributed by atoms with Crippen molar-refractivity contribution in [2.75, 3.05) is 20.3 Å². The normalized spacial score (nSPS) is 19.6. The predicted molar refractivity (Wildman–Crippen MR) is 86.3 cm³/mol. The Labute approximate surface area is 136 Å². The first-order valence-electron chi connectivity index (χ1n) is 7.00. The summed E-state index contributed by atoms with van der Waals surface area (Å²) in [5, 5.41) is 0. The summed E-state index contributed by atoms with van der Waals surface area (Å²) in [5.74, 6) is 0.387. The predicted octanol–water partition coefficient (Wildman–Crippen LogP) is 2.01. The number of rotatable bonds is 6. The molecule has 1 aliphatic rings. The maximum atomic E-state index is 12.2. The van der Waals surface area contributed by atoms with E-state index in [9.17, 15) is 4.79 Å². The average molecular weight is 328 g/mol. The molecule has 6 heteroatoms. The lowest BCUT2D eigenvalue weighted by Gasteiger charge is -2.25. The highest BCUT2D eigenvalue weighted by molar-refractivity contribution is 5.85. The summed E-state index contributed by atoms with van der Waals surface area (Å²) < 4.78 is 16.0. The molecule has 0 spiro atoms. The molecule has 122 valence electrons. The van der Waals surface area contributed by atoms with E-state index in [1.54, 1.807) is 20.1 Å². The van der Waals surface area contributed by atoms with Crippen LogP contribution < -0.4 is 10.5 Å². The highest BCUT2D eigenvalue weighted by atomic mass is 35.5. The van der Waals surface area contributed by atoms with Crippen LogP contribution in [0.2, 0.25) is 0 Å². The van der Waals surface area contributed by atoms with Crippen LogP contribution in [-0.2, 0) is 27.2 Å². The van der Waals surface area contributed by atoms with E-state index in [1.165, 1.54) is 0 Å². The molecule has 1 aliphatic heterocycles. The molecule has 1 aromatic rings. The fourth-order valence-corrected chi connectivity index (χ4v) is 2.45. The molecule has 0 saturated heterocycles. The van der Waals surface area contributed by atoms with Crippen molar-refractivity contribution in [2.45, 2.75) is 25.5 Å². The first kappa shape index (κ1) is 18.5. The minimum atomic E-state index is -1.03. The van der Waals surface area contributed by atoms with Crippen LogP contribution in [-0.4, -0.2) is 31.9 Å². The average Bonchev–Trinajstić information content (AvgIpc) is 2.97. The Bertz CT molecular complexity index is 547. The van der Waals surface area contributed by atoms with Gasteiger partial charge < -0.3 is 19.9 Å². The zero-order chi connectivity index (χ0) is 15.3. The lowest BCUT2D eigenvalue weighted by Crippen LogP contribution is -2.41. The maximum absolute atomic E-state index is 12.2. The fourth-order valence-electron chi connectivity index (χ4n) is 2.45. The minimum Gasteiger partial charge on any atom is -0.496 e. The number of halogens is 1. The van der Waals surface area contributed by atoms with Crippen molar-refractivity contribution < 1.29 is 19.0 Å². The topological polar surface area (TPSA) is 70.8 Å². The third-order valence-corrected chi connectivity index (χ3v) is 3.48. The van der Waals surface area contributed by atoms with Crippen molar-refractivity contribution in [1.82, 2.24) is 0 Å². The van der Waals surface area contributed by atoms with Gasteiger partial charge in [-0.2, -0.15) is 0 Å². The molecule has 22 heavy (non-hydrogen) atoms. The Morgan fingerprint density at radius 2 is 2.23 bits per heavy atom. The first-order chi connectivity index (χ1) is 10.1. The minimum absolute atomic E-state index is 0. The van der Waals surface area contributed by atoms with Gasteiger partial charge in [-0.1, -0.05) is 18.2 Å². The van der Waals surface area contributed by atoms with E-state index in [1.807, 2.05) is 24.3 Å². The number of methoxy groups -OCH3 is 1. The van der Waals surface area contributed by atoms with Crippen LogP contribution in [0.4, 0.5) is 0 Å². The Morgan fingerprint density at radius 3 is 2.77 bits per heavy atom. The lowest BCUT2D eigenvalue weighted by atomic mass is 9.93. The van der Waals surface area contributed by atoms with E-state index < -0.39 is 5.60 Å². The number of carbonyl (C=O) groups excluding carboxylic acids is 1. The SMILES string of the molecule is CCOC(=O)C1(Cc2ccc(OC)c(CN)c2)C=CCO1.Cl. The van der Waals surface area contributed by atoms with Crippen LogP contribution in [0.3, 0.4) is 0 Å². The maximum Gasteiger partial charge on any atom is 0.342 e. The lowest BCUT2D eigenvalue weighted by molar-refractivity contribution is -0.162. The molecule has 0 amide bonds. The van der Waals surface area contributed by atoms with Gasteiger partial charge in [0.1, 0.15) is 5.75 Å². The van der Waals surface area contributed by atoms with E-state index >= 15 is 0 Å². The molecule has 0 aliphatic carbocycles. The molecule has 1 atom stereocenters. The molecule has 0 aromatic heterocycles. The number of hydrogen-bond acceptors (Lipinski definition) is 5. The summed E-state index contributed by atoms with van der Waals surface area (Å²) in [7, 11) is 1.61. The fraction of sp³-hybridized carbons (Fsp3) is 0.438. The number of ether oxygens (including phenoxy) is 3. The van der Waals surface area contributed by atoms with Gasteiger partial charge in [-0.15, -0.1) is 12.4 Å². The monoisotopic (exact) mass is 327 g/mol. The van der Waals surface area contributed by atoms with Crippen molar-refractivity contribution in [3.8, 4) is 5.75 Å². The Hall–Kier alpha value is -1.56. The van der Waals surface area contributed by atoms with E-state index in [4.69, 9.17) is 19.9 Å². The van der Waals surface area contributed by atoms with Crippen LogP contribution in [0.1, 0.15) is 18.1 Å². The second-order valence-electron chi connectivity index (χ2n) is 4.85. The quantitative estimate of drug-likeness (QED) is 0.639. The number of benzene rings is 1. The standard InChI is InChI=1S/C16H21NO4.ClH/c1-3-20-15(18)16(7-4-8-21-16)10-12-5-6-14(19-2)13(9-12)11-17;/h4-7,9H,3,8,10-11,17H2,1-2H3;1H. The highest BCUT2D eigenvalue weighted by Gasteiger charge is 2.41. The summed E-state index contributed by atoms with van der Waals surface area (Å²) in [6.45, 7) is 2.90. The van der Waals surface area contributed by atoms with E-state index in [0.29, 0.717) is 26.2 Å². The molecule has 2 N–H and O–H groups in total. The van der Waals surface area contributed by atoms with Crippen LogP contribution >= 0.6 is 12.4 Å². The second kappa shape index (κ2) is 8.17. The number of carbonyl (C=O) groups is 1. The van der Waals surface area contributed by atoms with Gasteiger partial charge in [0, 0.05) is 18.5 Å². The Kier molecular flexibility index (Phi) is 6.87. The summed E-state index contributed by atoms with van der Waals surface area (Å²) in [6, 6.07) is 5.71. The molecule has 2 rings (SSSR count). The Balaban J connectivity index is 0.00000242. The van der Waals surface area contributed by atoms with Gasteiger partial charge in [-0.05, 0) is 24.6 Å². The van der Waals surface area contributed by atoms with Crippen LogP contribution in [0.25, 0.3) is 0 Å². The molecular weight excluding hydrogens is 306 g/mol. The zero-order valence-corrected chi connectivity index (χ0v) is 13.7. The zero-order valence-electron chi connectivity index (χ0n) is 12.8. The van der Waals surface area contributed by atoms with E-state index in [2.05, 4.69) is 0 Å². The van der Waals surface area contributed by atoms with Gasteiger partial charge in [0.25, 0.3) is 0 Å². The van der Waals surface area contributed by atoms with Crippen molar-refractivity contribution >= 4 is 18.4 Å². The third-order valence-electron chi connectivity index (χ3n) is 3.48. The first-order valence-corrected chi connectivity index (χ1v) is 7.00. The summed E-state index contributed by atoms with van der Waals surface area (Å²) in [4.78, 5) is 12.2. The number of hydrogen-bond donors (Lipinski definition) is 1. The largest absolute Gasteiger partial charge is 0.496 e. The van der Waals surface area contributed by atoms with Gasteiger partial charge in [0.2, 0.25) is 0 Å². The third kappa shape index (κ3) is 3.80. The molecular formula is C16H22ClNO4. The number of nitrogens with two attached hydrogens (primary N) is 1. The highest BCUT2D eigenvalue weighted by Crippen LogP contribution is 2.28. The smallest absolute Gasteiger partial charge is 0.342 e. The van der Waals surface area contributed by atoms with Gasteiger partial charge in [-0.3, -0.25) is 0 Å². The van der Waals surface area contributed by atoms with Crippen molar-refractivity contribution in [2.24, 2.45) is 5.73 Å². The van der Waals surface area contributed by atoms with Gasteiger partial charge in [0.15, 0.2) is 5.60 Å². The summed E-state index contributed by atoms with van der Waals surface area (Å²) in [6.07, 6.45) is 4.03. The molecule has 0 fully saturated rings. The van der Waals surface area contributed by atoms with Gasteiger partial charge in [-0.25, -0.2) is 4.79 Å². The second-order valence-corrected chi connectivity index (χ2v) is 4.85. The molecule has 1 aromatic carbocycles. The molecule has 5 nitrogen and oxygen atoms in total. The molecule has 0 bridgehead atoms. The van der Waals surface area contributed by atoms with Crippen molar-refractivity contribution in [3.63, 3.8) is 0 Å². The number of esters is 1. The van der Waals surface area contributed by atoms with Gasteiger partial charge in [0.05, 0.1) is 20.3 Å². The molecule has 0 saturated carbocycles. The summed E-state index contributed by atoms with van der Waals surface area (Å²) >= 11 is 0. The molecule has 1 heterocycles. The van der Waals surface area contributed by atoms with Crippen LogP contribution in [0.5, 0.6) is 5.75 Å².